The van der Waals surface area contributed by atoms with E-state index in [4.69, 9.17) is 33.4 Å². The van der Waals surface area contributed by atoms with Crippen molar-refractivity contribution in [3.63, 3.8) is 0 Å². The van der Waals surface area contributed by atoms with Gasteiger partial charge in [0.2, 0.25) is 0 Å². The van der Waals surface area contributed by atoms with Gasteiger partial charge in [0, 0.05) is 5.39 Å². The van der Waals surface area contributed by atoms with Crippen molar-refractivity contribution in [3.05, 3.63) is 63.7 Å². The molecule has 0 radical (unpaired) electrons. The summed E-state index contributed by atoms with van der Waals surface area (Å²) in [6, 6.07) is 12.3. The molecule has 1 aromatic carbocycles. The standard InChI is InChI=1S/C18H11Cl2N3O2S/c19-10-3-1-4-12(14(10)20)22-17(24)16-15(21)9-6-7-11(23-18(9)26-16)13-5-2-8-25-13/h1-8H,21H2,(H,22,24). The highest BCUT2D eigenvalue weighted by atomic mass is 35.5. The quantitative estimate of drug-likeness (QED) is 0.459. The zero-order valence-corrected chi connectivity index (χ0v) is 15.5. The van der Waals surface area contributed by atoms with E-state index in [1.165, 1.54) is 11.3 Å². The van der Waals surface area contributed by atoms with Crippen LogP contribution < -0.4 is 11.1 Å². The van der Waals surface area contributed by atoms with Crippen LogP contribution in [0.15, 0.2) is 53.1 Å². The number of carbonyl (C=O) groups is 1. The van der Waals surface area contributed by atoms with E-state index >= 15 is 0 Å². The van der Waals surface area contributed by atoms with Crippen molar-refractivity contribution in [2.45, 2.75) is 0 Å². The third-order valence-corrected chi connectivity index (χ3v) is 5.71. The van der Waals surface area contributed by atoms with E-state index in [0.717, 1.165) is 0 Å². The fourth-order valence-corrected chi connectivity index (χ4v) is 3.84. The van der Waals surface area contributed by atoms with Crippen molar-refractivity contribution in [1.82, 2.24) is 4.98 Å². The number of anilines is 2. The van der Waals surface area contributed by atoms with Crippen molar-refractivity contribution < 1.29 is 9.21 Å². The average molecular weight is 404 g/mol. The Morgan fingerprint density at radius 3 is 2.77 bits per heavy atom. The van der Waals surface area contributed by atoms with Crippen LogP contribution in [0.5, 0.6) is 0 Å². The summed E-state index contributed by atoms with van der Waals surface area (Å²) in [4.78, 5) is 18.2. The molecule has 0 fully saturated rings. The second-order valence-electron chi connectivity index (χ2n) is 5.43. The van der Waals surface area contributed by atoms with Gasteiger partial charge < -0.3 is 15.5 Å². The second kappa shape index (κ2) is 6.64. The maximum atomic E-state index is 12.7. The SMILES string of the molecule is Nc1c(C(=O)Nc2cccc(Cl)c2Cl)sc2nc(-c3ccco3)ccc12. The first-order chi connectivity index (χ1) is 12.5. The van der Waals surface area contributed by atoms with Crippen LogP contribution in [0.3, 0.4) is 0 Å². The number of fused-ring (bicyclic) bond motifs is 1. The summed E-state index contributed by atoms with van der Waals surface area (Å²) in [5.74, 6) is 0.282. The molecule has 0 spiro atoms. The van der Waals surface area contributed by atoms with Gasteiger partial charge in [-0.05, 0) is 36.4 Å². The van der Waals surface area contributed by atoms with Gasteiger partial charge in [0.15, 0.2) is 5.76 Å². The number of nitrogen functional groups attached to an aromatic ring is 1. The molecule has 3 aromatic heterocycles. The van der Waals surface area contributed by atoms with Crippen LogP contribution in [0.1, 0.15) is 9.67 Å². The summed E-state index contributed by atoms with van der Waals surface area (Å²) < 4.78 is 5.36. The summed E-state index contributed by atoms with van der Waals surface area (Å²) in [7, 11) is 0. The minimum absolute atomic E-state index is 0.278. The van der Waals surface area contributed by atoms with Crippen molar-refractivity contribution in [2.75, 3.05) is 11.1 Å². The van der Waals surface area contributed by atoms with Crippen molar-refractivity contribution in [2.24, 2.45) is 0 Å². The summed E-state index contributed by atoms with van der Waals surface area (Å²) in [6.45, 7) is 0. The Bertz CT molecular complexity index is 1120. The lowest BCUT2D eigenvalue weighted by Crippen LogP contribution is -2.12. The van der Waals surface area contributed by atoms with Gasteiger partial charge in [0.05, 0.1) is 27.7 Å². The van der Waals surface area contributed by atoms with Crippen molar-refractivity contribution in [1.29, 1.82) is 0 Å². The van der Waals surface area contributed by atoms with Gasteiger partial charge in [0.1, 0.15) is 15.4 Å². The number of nitrogens with one attached hydrogen (secondary N) is 1. The van der Waals surface area contributed by atoms with E-state index in [1.807, 2.05) is 12.1 Å². The minimum Gasteiger partial charge on any atom is -0.463 e. The highest BCUT2D eigenvalue weighted by Crippen LogP contribution is 2.36. The molecule has 5 nitrogen and oxygen atoms in total. The lowest BCUT2D eigenvalue weighted by Gasteiger charge is -2.07. The lowest BCUT2D eigenvalue weighted by molar-refractivity contribution is 0.103. The van der Waals surface area contributed by atoms with Crippen LogP contribution in [-0.2, 0) is 0 Å². The molecule has 0 aliphatic rings. The Kier molecular flexibility index (Phi) is 4.32. The molecule has 0 aliphatic carbocycles. The van der Waals surface area contributed by atoms with Crippen LogP contribution in [0.2, 0.25) is 10.0 Å². The fourth-order valence-electron chi connectivity index (χ4n) is 2.51. The summed E-state index contributed by atoms with van der Waals surface area (Å²) >= 11 is 13.3. The Hall–Kier alpha value is -2.54. The molecule has 4 rings (SSSR count). The van der Waals surface area contributed by atoms with Gasteiger partial charge >= 0.3 is 0 Å². The number of nitrogens with zero attached hydrogens (tertiary/aromatic N) is 1. The zero-order chi connectivity index (χ0) is 18.3. The van der Waals surface area contributed by atoms with E-state index in [1.54, 1.807) is 36.6 Å². The molecule has 0 bridgehead atoms. The molecule has 0 atom stereocenters. The molecule has 0 unspecified atom stereocenters. The number of furan rings is 1. The topological polar surface area (TPSA) is 81.2 Å². The van der Waals surface area contributed by atoms with Gasteiger partial charge in [-0.3, -0.25) is 4.79 Å². The number of halogens is 2. The van der Waals surface area contributed by atoms with Crippen LogP contribution in [0.4, 0.5) is 11.4 Å². The molecule has 130 valence electrons. The van der Waals surface area contributed by atoms with Gasteiger partial charge in [-0.2, -0.15) is 0 Å². The molecule has 0 aliphatic heterocycles. The maximum Gasteiger partial charge on any atom is 0.267 e. The molecule has 0 saturated heterocycles. The Morgan fingerprint density at radius 1 is 1.15 bits per heavy atom. The normalized spacial score (nSPS) is 11.0. The molecule has 4 aromatic rings. The average Bonchev–Trinajstić information content (AvgIpc) is 3.27. The van der Waals surface area contributed by atoms with Gasteiger partial charge in [-0.25, -0.2) is 4.98 Å². The number of rotatable bonds is 3. The Morgan fingerprint density at radius 2 is 2.00 bits per heavy atom. The number of amides is 1. The van der Waals surface area contributed by atoms with Crippen molar-refractivity contribution in [3.8, 4) is 11.5 Å². The predicted octanol–water partition coefficient (Wildman–Crippen LogP) is 5.70. The number of pyridine rings is 1. The van der Waals surface area contributed by atoms with E-state index < -0.39 is 0 Å². The lowest BCUT2D eigenvalue weighted by atomic mass is 10.2. The number of carbonyl (C=O) groups excluding carboxylic acids is 1. The summed E-state index contributed by atoms with van der Waals surface area (Å²) in [6.07, 6.45) is 1.58. The highest BCUT2D eigenvalue weighted by Gasteiger charge is 2.19. The minimum atomic E-state index is -0.366. The number of thiophene rings is 1. The van der Waals surface area contributed by atoms with Gasteiger partial charge in [-0.15, -0.1) is 11.3 Å². The van der Waals surface area contributed by atoms with Gasteiger partial charge in [0.25, 0.3) is 5.91 Å². The summed E-state index contributed by atoms with van der Waals surface area (Å²) in [5, 5.41) is 4.09. The van der Waals surface area contributed by atoms with Crippen LogP contribution >= 0.6 is 34.5 Å². The van der Waals surface area contributed by atoms with Crippen LogP contribution in [-0.4, -0.2) is 10.9 Å². The monoisotopic (exact) mass is 403 g/mol. The second-order valence-corrected chi connectivity index (χ2v) is 7.21. The smallest absolute Gasteiger partial charge is 0.267 e. The number of hydrogen-bond acceptors (Lipinski definition) is 5. The first-order valence-electron chi connectivity index (χ1n) is 7.53. The molecule has 3 N–H and O–H groups in total. The van der Waals surface area contributed by atoms with E-state index in [9.17, 15) is 4.79 Å². The first kappa shape index (κ1) is 16.9. The van der Waals surface area contributed by atoms with E-state index in [-0.39, 0.29) is 10.9 Å². The summed E-state index contributed by atoms with van der Waals surface area (Å²) in [5.41, 5.74) is 7.63. The molecular formula is C18H11Cl2N3O2S. The number of aromatic nitrogens is 1. The largest absolute Gasteiger partial charge is 0.463 e. The van der Waals surface area contributed by atoms with Crippen LogP contribution in [0.25, 0.3) is 21.7 Å². The third kappa shape index (κ3) is 2.92. The maximum absolute atomic E-state index is 12.7. The number of hydrogen-bond donors (Lipinski definition) is 2. The number of benzene rings is 1. The molecule has 8 heteroatoms. The van der Waals surface area contributed by atoms with Gasteiger partial charge in [-0.1, -0.05) is 29.3 Å². The third-order valence-electron chi connectivity index (χ3n) is 3.77. The zero-order valence-electron chi connectivity index (χ0n) is 13.1. The number of nitrogens with two attached hydrogens (primary N) is 1. The molecule has 0 saturated carbocycles. The predicted molar refractivity (Wildman–Crippen MR) is 106 cm³/mol. The van der Waals surface area contributed by atoms with Crippen LogP contribution in [0, 0.1) is 0 Å². The molecule has 26 heavy (non-hydrogen) atoms. The Balaban J connectivity index is 1.71. The van der Waals surface area contributed by atoms with E-state index in [0.29, 0.717) is 42.9 Å². The molecule has 1 amide bonds. The molecular weight excluding hydrogens is 393 g/mol. The Labute approximate surface area is 162 Å². The first-order valence-corrected chi connectivity index (χ1v) is 9.10. The highest BCUT2D eigenvalue weighted by molar-refractivity contribution is 7.21. The molecule has 3 heterocycles. The van der Waals surface area contributed by atoms with Crippen molar-refractivity contribution >= 4 is 62.0 Å². The van der Waals surface area contributed by atoms with E-state index in [2.05, 4.69) is 10.3 Å². The fraction of sp³-hybridized carbons (Fsp3) is 0.